The van der Waals surface area contributed by atoms with E-state index in [0.717, 1.165) is 37.4 Å². The zero-order chi connectivity index (χ0) is 14.4. The number of nitrogens with zero attached hydrogens (tertiary/aromatic N) is 2. The van der Waals surface area contributed by atoms with Crippen LogP contribution in [0.1, 0.15) is 46.5 Å². The molecule has 0 aromatic carbocycles. The molecule has 5 heteroatoms. The molecule has 1 aliphatic heterocycles. The van der Waals surface area contributed by atoms with Gasteiger partial charge in [0.05, 0.1) is 0 Å². The molecule has 2 fully saturated rings. The lowest BCUT2D eigenvalue weighted by Crippen LogP contribution is -2.42. The SMILES string of the molecule is CCNC(=NCC1CCCN(C(C)C)C1)NCC1CC1.I. The van der Waals surface area contributed by atoms with E-state index >= 15 is 0 Å². The Balaban J connectivity index is 0.00000220. The summed E-state index contributed by atoms with van der Waals surface area (Å²) in [6, 6.07) is 0.669. The van der Waals surface area contributed by atoms with Crippen molar-refractivity contribution in [2.75, 3.05) is 32.7 Å². The third-order valence-electron chi connectivity index (χ3n) is 4.39. The fourth-order valence-electron chi connectivity index (χ4n) is 2.84. The smallest absolute Gasteiger partial charge is 0.191 e. The van der Waals surface area contributed by atoms with E-state index in [9.17, 15) is 0 Å². The van der Waals surface area contributed by atoms with Gasteiger partial charge in [-0.25, -0.2) is 0 Å². The van der Waals surface area contributed by atoms with Crippen LogP contribution >= 0.6 is 24.0 Å². The quantitative estimate of drug-likeness (QED) is 0.403. The third-order valence-corrected chi connectivity index (χ3v) is 4.39. The van der Waals surface area contributed by atoms with Gasteiger partial charge in [0.2, 0.25) is 0 Å². The first kappa shape index (κ1) is 19.0. The number of nitrogens with one attached hydrogen (secondary N) is 2. The Morgan fingerprint density at radius 1 is 1.19 bits per heavy atom. The number of likely N-dealkylation sites (tertiary alicyclic amines) is 1. The summed E-state index contributed by atoms with van der Waals surface area (Å²) in [4.78, 5) is 7.39. The highest BCUT2D eigenvalue weighted by Gasteiger charge is 2.22. The van der Waals surface area contributed by atoms with Crippen LogP contribution in [0.5, 0.6) is 0 Å². The van der Waals surface area contributed by atoms with Crippen molar-refractivity contribution in [1.29, 1.82) is 0 Å². The van der Waals surface area contributed by atoms with Crippen molar-refractivity contribution in [3.63, 3.8) is 0 Å². The molecule has 0 aromatic heterocycles. The van der Waals surface area contributed by atoms with E-state index < -0.39 is 0 Å². The largest absolute Gasteiger partial charge is 0.357 e. The third kappa shape index (κ3) is 7.17. The molecule has 0 bridgehead atoms. The van der Waals surface area contributed by atoms with Crippen LogP contribution in [0.4, 0.5) is 0 Å². The van der Waals surface area contributed by atoms with Gasteiger partial charge < -0.3 is 15.5 Å². The lowest BCUT2D eigenvalue weighted by Gasteiger charge is -2.34. The molecule has 0 aromatic rings. The summed E-state index contributed by atoms with van der Waals surface area (Å²) in [5.41, 5.74) is 0. The van der Waals surface area contributed by atoms with Crippen LogP contribution in [0.25, 0.3) is 0 Å². The Morgan fingerprint density at radius 2 is 1.95 bits per heavy atom. The molecule has 124 valence electrons. The lowest BCUT2D eigenvalue weighted by molar-refractivity contribution is 0.143. The zero-order valence-electron chi connectivity index (χ0n) is 13.9. The van der Waals surface area contributed by atoms with Crippen molar-refractivity contribution in [2.24, 2.45) is 16.8 Å². The minimum Gasteiger partial charge on any atom is -0.357 e. The van der Waals surface area contributed by atoms with Crippen LogP contribution in [-0.4, -0.2) is 49.6 Å². The van der Waals surface area contributed by atoms with Gasteiger partial charge in [-0.2, -0.15) is 0 Å². The van der Waals surface area contributed by atoms with E-state index in [1.807, 2.05) is 0 Å². The topological polar surface area (TPSA) is 39.7 Å². The van der Waals surface area contributed by atoms with Crippen LogP contribution in [0, 0.1) is 11.8 Å². The first-order chi connectivity index (χ1) is 9.69. The Kier molecular flexibility index (Phi) is 8.94. The molecule has 2 rings (SSSR count). The van der Waals surface area contributed by atoms with E-state index in [1.165, 1.54) is 38.8 Å². The Hall–Kier alpha value is -0.0400. The molecule has 4 nitrogen and oxygen atoms in total. The van der Waals surface area contributed by atoms with Gasteiger partial charge in [0, 0.05) is 32.2 Å². The van der Waals surface area contributed by atoms with Crippen molar-refractivity contribution in [3.8, 4) is 0 Å². The summed E-state index contributed by atoms with van der Waals surface area (Å²) in [6.45, 7) is 12.2. The van der Waals surface area contributed by atoms with Gasteiger partial charge in [0.25, 0.3) is 0 Å². The second kappa shape index (κ2) is 9.87. The lowest BCUT2D eigenvalue weighted by atomic mass is 9.97. The van der Waals surface area contributed by atoms with E-state index in [4.69, 9.17) is 4.99 Å². The summed E-state index contributed by atoms with van der Waals surface area (Å²) < 4.78 is 0. The van der Waals surface area contributed by atoms with Crippen molar-refractivity contribution >= 4 is 29.9 Å². The maximum Gasteiger partial charge on any atom is 0.191 e. The van der Waals surface area contributed by atoms with E-state index in [2.05, 4.69) is 36.3 Å². The van der Waals surface area contributed by atoms with Crippen molar-refractivity contribution in [2.45, 2.75) is 52.5 Å². The Morgan fingerprint density at radius 3 is 2.57 bits per heavy atom. The number of piperidine rings is 1. The van der Waals surface area contributed by atoms with E-state index in [0.29, 0.717) is 6.04 Å². The summed E-state index contributed by atoms with van der Waals surface area (Å²) >= 11 is 0. The highest BCUT2D eigenvalue weighted by molar-refractivity contribution is 14.0. The number of aliphatic imine (C=N–C) groups is 1. The van der Waals surface area contributed by atoms with Gasteiger partial charge in [-0.3, -0.25) is 4.99 Å². The molecule has 1 atom stereocenters. The normalized spacial score (nSPS) is 23.8. The van der Waals surface area contributed by atoms with Crippen molar-refractivity contribution in [3.05, 3.63) is 0 Å². The van der Waals surface area contributed by atoms with Gasteiger partial charge in [-0.1, -0.05) is 0 Å². The fourth-order valence-corrected chi connectivity index (χ4v) is 2.84. The highest BCUT2D eigenvalue weighted by atomic mass is 127. The highest BCUT2D eigenvalue weighted by Crippen LogP contribution is 2.27. The number of hydrogen-bond donors (Lipinski definition) is 2. The molecule has 1 heterocycles. The predicted molar refractivity (Wildman–Crippen MR) is 102 cm³/mol. The molecule has 21 heavy (non-hydrogen) atoms. The average molecular weight is 408 g/mol. The van der Waals surface area contributed by atoms with Crippen LogP contribution in [0.2, 0.25) is 0 Å². The first-order valence-electron chi connectivity index (χ1n) is 8.45. The van der Waals surface area contributed by atoms with Crippen LogP contribution in [0.15, 0.2) is 4.99 Å². The van der Waals surface area contributed by atoms with Gasteiger partial charge in [0.15, 0.2) is 5.96 Å². The van der Waals surface area contributed by atoms with E-state index in [-0.39, 0.29) is 24.0 Å². The summed E-state index contributed by atoms with van der Waals surface area (Å²) in [5.74, 6) is 2.63. The van der Waals surface area contributed by atoms with Gasteiger partial charge in [0.1, 0.15) is 0 Å². The van der Waals surface area contributed by atoms with Gasteiger partial charge in [-0.15, -0.1) is 24.0 Å². The summed E-state index contributed by atoms with van der Waals surface area (Å²) in [5, 5.41) is 6.85. The van der Waals surface area contributed by atoms with Crippen LogP contribution in [0.3, 0.4) is 0 Å². The minimum absolute atomic E-state index is 0. The maximum absolute atomic E-state index is 4.80. The first-order valence-corrected chi connectivity index (χ1v) is 8.45. The minimum atomic E-state index is 0. The predicted octanol–water partition coefficient (Wildman–Crippen LogP) is 2.69. The van der Waals surface area contributed by atoms with Gasteiger partial charge >= 0.3 is 0 Å². The number of rotatable bonds is 6. The maximum atomic E-state index is 4.80. The average Bonchev–Trinajstić information content (AvgIpc) is 3.26. The molecule has 0 spiro atoms. The van der Waals surface area contributed by atoms with Crippen LogP contribution < -0.4 is 10.6 Å². The number of halogens is 1. The molecule has 2 N–H and O–H groups in total. The molecule has 1 unspecified atom stereocenters. The molecule has 1 saturated heterocycles. The zero-order valence-corrected chi connectivity index (χ0v) is 16.2. The molecular weight excluding hydrogens is 375 g/mol. The van der Waals surface area contributed by atoms with E-state index in [1.54, 1.807) is 0 Å². The number of guanidine groups is 1. The molecule has 2 aliphatic rings. The Labute approximate surface area is 147 Å². The molecule has 0 amide bonds. The van der Waals surface area contributed by atoms with Gasteiger partial charge in [-0.05, 0) is 64.8 Å². The standard InChI is InChI=1S/C16H32N4.HI/c1-4-17-16(18-10-14-7-8-14)19-11-15-6-5-9-20(12-15)13(2)3;/h13-15H,4-12H2,1-3H3,(H2,17,18,19);1H. The van der Waals surface area contributed by atoms with Crippen molar-refractivity contribution in [1.82, 2.24) is 15.5 Å². The van der Waals surface area contributed by atoms with Crippen molar-refractivity contribution < 1.29 is 0 Å². The number of hydrogen-bond acceptors (Lipinski definition) is 2. The molecular formula is C16H33IN4. The molecule has 1 aliphatic carbocycles. The second-order valence-electron chi connectivity index (χ2n) is 6.64. The fraction of sp³-hybridized carbons (Fsp3) is 0.938. The molecule has 1 saturated carbocycles. The summed E-state index contributed by atoms with van der Waals surface area (Å²) in [6.07, 6.45) is 5.43. The van der Waals surface area contributed by atoms with Crippen LogP contribution in [-0.2, 0) is 0 Å². The molecule has 0 radical (unpaired) electrons. The summed E-state index contributed by atoms with van der Waals surface area (Å²) in [7, 11) is 0. The monoisotopic (exact) mass is 408 g/mol. The second-order valence-corrected chi connectivity index (χ2v) is 6.64. The Bertz CT molecular complexity index is 315.